The van der Waals surface area contributed by atoms with Gasteiger partial charge in [0, 0.05) is 12.6 Å². The fourth-order valence-corrected chi connectivity index (χ4v) is 2.71. The van der Waals surface area contributed by atoms with Gasteiger partial charge >= 0.3 is 0 Å². The Balaban J connectivity index is 2.85. The Bertz CT molecular complexity index is 621. The van der Waals surface area contributed by atoms with Crippen molar-refractivity contribution in [2.24, 2.45) is 0 Å². The van der Waals surface area contributed by atoms with Crippen molar-refractivity contribution in [1.82, 2.24) is 5.32 Å². The molecule has 0 radical (unpaired) electrons. The van der Waals surface area contributed by atoms with Crippen molar-refractivity contribution in [1.29, 1.82) is 0 Å². The van der Waals surface area contributed by atoms with Gasteiger partial charge in [-0.2, -0.15) is 0 Å². The highest BCUT2D eigenvalue weighted by molar-refractivity contribution is 7.92. The molecule has 0 aromatic heterocycles. The molecule has 0 heterocycles. The number of hydrogen-bond donors (Lipinski definition) is 1. The molecule has 1 N–H and O–H groups in total. The van der Waals surface area contributed by atoms with E-state index in [1.54, 1.807) is 0 Å². The normalized spacial score (nSPS) is 11.3. The average molecular weight is 334 g/mol. The quantitative estimate of drug-likeness (QED) is 0.740. The van der Waals surface area contributed by atoms with E-state index in [0.717, 1.165) is 37.7 Å². The summed E-state index contributed by atoms with van der Waals surface area (Å²) in [5.74, 6) is -2.40. The van der Waals surface area contributed by atoms with Crippen LogP contribution in [0.15, 0.2) is 18.2 Å². The smallest absolute Gasteiger partial charge is 0.240 e. The number of amides is 1. The lowest BCUT2D eigenvalue weighted by molar-refractivity contribution is -0.119. The molecule has 0 aliphatic rings. The van der Waals surface area contributed by atoms with E-state index in [1.165, 1.54) is 0 Å². The van der Waals surface area contributed by atoms with Crippen molar-refractivity contribution in [3.63, 3.8) is 0 Å². The van der Waals surface area contributed by atoms with Gasteiger partial charge in [0.05, 0.1) is 11.9 Å². The van der Waals surface area contributed by atoms with Crippen molar-refractivity contribution in [2.75, 3.05) is 23.7 Å². The lowest BCUT2D eigenvalue weighted by atomic mass is 10.2. The zero-order valence-corrected chi connectivity index (χ0v) is 13.4. The van der Waals surface area contributed by atoms with E-state index in [9.17, 15) is 22.0 Å². The highest BCUT2D eigenvalue weighted by Gasteiger charge is 2.23. The first-order chi connectivity index (χ1) is 10.3. The molecule has 8 heteroatoms. The molecular weight excluding hydrogens is 314 g/mol. The maximum absolute atomic E-state index is 13.8. The minimum atomic E-state index is -3.87. The minimum absolute atomic E-state index is 0.354. The zero-order chi connectivity index (χ0) is 16.8. The first-order valence-corrected chi connectivity index (χ1v) is 8.80. The minimum Gasteiger partial charge on any atom is -0.355 e. The first kappa shape index (κ1) is 18.3. The van der Waals surface area contributed by atoms with E-state index in [-0.39, 0.29) is 5.69 Å². The summed E-state index contributed by atoms with van der Waals surface area (Å²) >= 11 is 0. The molecule has 1 aromatic rings. The van der Waals surface area contributed by atoms with Crippen LogP contribution in [0.2, 0.25) is 0 Å². The van der Waals surface area contributed by atoms with Gasteiger partial charge in [-0.3, -0.25) is 9.10 Å². The second kappa shape index (κ2) is 8.07. The van der Waals surface area contributed by atoms with Gasteiger partial charge in [-0.25, -0.2) is 17.2 Å². The maximum Gasteiger partial charge on any atom is 0.240 e. The predicted molar refractivity (Wildman–Crippen MR) is 81.1 cm³/mol. The van der Waals surface area contributed by atoms with E-state index in [0.29, 0.717) is 16.9 Å². The van der Waals surface area contributed by atoms with Gasteiger partial charge in [-0.05, 0) is 18.6 Å². The van der Waals surface area contributed by atoms with Crippen molar-refractivity contribution in [3.8, 4) is 0 Å². The standard InChI is InChI=1S/C14H20F2N2O3S/c1-3-4-5-8-17-14(19)10-18(22(2,20)21)13-7-6-11(15)9-12(13)16/h6-7,9H,3-5,8,10H2,1-2H3,(H,17,19). The maximum atomic E-state index is 13.8. The molecule has 1 amide bonds. The number of rotatable bonds is 8. The fourth-order valence-electron chi connectivity index (χ4n) is 1.85. The van der Waals surface area contributed by atoms with E-state index in [4.69, 9.17) is 0 Å². The van der Waals surface area contributed by atoms with Crippen LogP contribution in [-0.2, 0) is 14.8 Å². The van der Waals surface area contributed by atoms with Crippen LogP contribution in [0.4, 0.5) is 14.5 Å². The molecule has 0 aliphatic carbocycles. The van der Waals surface area contributed by atoms with Crippen molar-refractivity contribution >= 4 is 21.6 Å². The Kier molecular flexibility index (Phi) is 6.73. The topological polar surface area (TPSA) is 66.5 Å². The van der Waals surface area contributed by atoms with Gasteiger partial charge in [0.15, 0.2) is 0 Å². The number of hydrogen-bond acceptors (Lipinski definition) is 3. The third-order valence-electron chi connectivity index (χ3n) is 2.97. The number of sulfonamides is 1. The Morgan fingerprint density at radius 3 is 2.50 bits per heavy atom. The molecule has 0 spiro atoms. The summed E-state index contributed by atoms with van der Waals surface area (Å²) in [6, 6.07) is 2.51. The molecule has 0 saturated heterocycles. The largest absolute Gasteiger partial charge is 0.355 e. The van der Waals surface area contributed by atoms with Crippen LogP contribution < -0.4 is 9.62 Å². The molecule has 22 heavy (non-hydrogen) atoms. The fraction of sp³-hybridized carbons (Fsp3) is 0.500. The van der Waals surface area contributed by atoms with Crippen LogP contribution >= 0.6 is 0 Å². The SMILES string of the molecule is CCCCCNC(=O)CN(c1ccc(F)cc1F)S(C)(=O)=O. The van der Waals surface area contributed by atoms with Gasteiger partial charge in [-0.15, -0.1) is 0 Å². The molecule has 1 aromatic carbocycles. The Morgan fingerprint density at radius 2 is 1.95 bits per heavy atom. The van der Waals surface area contributed by atoms with Crippen LogP contribution in [0.1, 0.15) is 26.2 Å². The molecule has 5 nitrogen and oxygen atoms in total. The Labute approximate surface area is 129 Å². The van der Waals surface area contributed by atoms with Gasteiger partial charge in [0.2, 0.25) is 15.9 Å². The molecule has 0 saturated carbocycles. The summed E-state index contributed by atoms with van der Waals surface area (Å²) in [5.41, 5.74) is -0.354. The lowest BCUT2D eigenvalue weighted by Gasteiger charge is -2.22. The van der Waals surface area contributed by atoms with E-state index in [2.05, 4.69) is 5.32 Å². The van der Waals surface area contributed by atoms with E-state index < -0.39 is 34.1 Å². The molecule has 0 atom stereocenters. The molecule has 1 rings (SSSR count). The van der Waals surface area contributed by atoms with E-state index >= 15 is 0 Å². The zero-order valence-electron chi connectivity index (χ0n) is 12.6. The second-order valence-corrected chi connectivity index (χ2v) is 6.83. The Hall–Kier alpha value is -1.70. The van der Waals surface area contributed by atoms with Crippen molar-refractivity contribution < 1.29 is 22.0 Å². The number of carbonyl (C=O) groups excluding carboxylic acids is 1. The van der Waals surface area contributed by atoms with Gasteiger partial charge in [-0.1, -0.05) is 19.8 Å². The number of nitrogens with one attached hydrogen (secondary N) is 1. The summed E-state index contributed by atoms with van der Waals surface area (Å²) in [6.45, 7) is 1.90. The molecule has 0 aliphatic heterocycles. The van der Waals surface area contributed by atoms with Gasteiger partial charge in [0.25, 0.3) is 0 Å². The molecule has 0 fully saturated rings. The van der Waals surface area contributed by atoms with Crippen molar-refractivity contribution in [3.05, 3.63) is 29.8 Å². The van der Waals surface area contributed by atoms with Crippen LogP contribution in [0.3, 0.4) is 0 Å². The Morgan fingerprint density at radius 1 is 1.27 bits per heavy atom. The lowest BCUT2D eigenvalue weighted by Crippen LogP contribution is -2.41. The van der Waals surface area contributed by atoms with Crippen LogP contribution in [0, 0.1) is 11.6 Å². The highest BCUT2D eigenvalue weighted by atomic mass is 32.2. The summed E-state index contributed by atoms with van der Waals surface area (Å²) < 4.78 is 50.8. The predicted octanol–water partition coefficient (Wildman–Crippen LogP) is 2.04. The van der Waals surface area contributed by atoms with Crippen LogP contribution in [-0.4, -0.2) is 33.7 Å². The first-order valence-electron chi connectivity index (χ1n) is 6.95. The highest BCUT2D eigenvalue weighted by Crippen LogP contribution is 2.22. The number of anilines is 1. The number of halogens is 2. The third kappa shape index (κ3) is 5.59. The monoisotopic (exact) mass is 334 g/mol. The van der Waals surface area contributed by atoms with Crippen molar-refractivity contribution in [2.45, 2.75) is 26.2 Å². The van der Waals surface area contributed by atoms with Gasteiger partial charge < -0.3 is 5.32 Å². The molecule has 0 unspecified atom stereocenters. The summed E-state index contributed by atoms with van der Waals surface area (Å²) in [7, 11) is -3.87. The molecule has 0 bridgehead atoms. The van der Waals surface area contributed by atoms with Crippen LogP contribution in [0.25, 0.3) is 0 Å². The summed E-state index contributed by atoms with van der Waals surface area (Å²) in [6.07, 6.45) is 3.58. The second-order valence-electron chi connectivity index (χ2n) is 4.92. The molecular formula is C14H20F2N2O3S. The summed E-state index contributed by atoms with van der Waals surface area (Å²) in [4.78, 5) is 11.8. The summed E-state index contributed by atoms with van der Waals surface area (Å²) in [5, 5.41) is 2.58. The number of carbonyl (C=O) groups is 1. The third-order valence-corrected chi connectivity index (χ3v) is 4.09. The number of unbranched alkanes of at least 4 members (excludes halogenated alkanes) is 2. The average Bonchev–Trinajstić information content (AvgIpc) is 2.41. The van der Waals surface area contributed by atoms with Crippen LogP contribution in [0.5, 0.6) is 0 Å². The molecule has 124 valence electrons. The number of nitrogens with zero attached hydrogens (tertiary/aromatic N) is 1. The van der Waals surface area contributed by atoms with E-state index in [1.807, 2.05) is 6.92 Å². The number of benzene rings is 1. The van der Waals surface area contributed by atoms with Gasteiger partial charge in [0.1, 0.15) is 18.2 Å².